The normalized spacial score (nSPS) is 34.8. The van der Waals surface area contributed by atoms with Crippen LogP contribution >= 0.6 is 11.3 Å². The monoisotopic (exact) mass is 541 g/mol. The Morgan fingerprint density at radius 2 is 1.97 bits per heavy atom. The highest BCUT2D eigenvalue weighted by molar-refractivity contribution is 7.18. The minimum absolute atomic E-state index is 0.0640. The van der Waals surface area contributed by atoms with E-state index in [0.29, 0.717) is 12.8 Å². The van der Waals surface area contributed by atoms with E-state index >= 15 is 0 Å². The van der Waals surface area contributed by atoms with E-state index in [0.717, 1.165) is 33.6 Å². The number of aliphatic hydroxyl groups is 2. The maximum Gasteiger partial charge on any atom is 0.309 e. The Labute approximate surface area is 228 Å². The summed E-state index contributed by atoms with van der Waals surface area (Å²) in [6.07, 6.45) is 5.15. The number of Topliss-reactive ketones (excluding diaryl/α,β-unsaturated/α-hetero) is 1. The standard InChI is InChI=1S/C30H39NO6S/c1-7-9-20-27(34)17(2)10-8-13-30(6)25(37-30)15-22(19-11-12-23-21(14-19)31-18(3)38-23)36-26(33)16-24(32)29(4,5)28(20)35/h1,11-12,14,17,20,22,24-25,27,32,34H,8-10,13,15-16H2,2-6H3/t17-,20+,22-,24-,25?,27+,30?/m0/s1. The molecule has 2 aliphatic rings. The molecule has 38 heavy (non-hydrogen) atoms. The molecule has 1 aromatic heterocycles. The van der Waals surface area contributed by atoms with Crippen LogP contribution in [0, 0.1) is 36.5 Å². The number of hydrogen-bond acceptors (Lipinski definition) is 8. The molecule has 2 saturated heterocycles. The van der Waals surface area contributed by atoms with E-state index in [2.05, 4.69) is 17.8 Å². The van der Waals surface area contributed by atoms with Crippen LogP contribution < -0.4 is 0 Å². The van der Waals surface area contributed by atoms with Gasteiger partial charge in [0.05, 0.1) is 56.9 Å². The second-order valence-corrected chi connectivity index (χ2v) is 13.0. The van der Waals surface area contributed by atoms with Gasteiger partial charge < -0.3 is 19.7 Å². The van der Waals surface area contributed by atoms with Crippen LogP contribution in [0.3, 0.4) is 0 Å². The summed E-state index contributed by atoms with van der Waals surface area (Å²) in [5.41, 5.74) is 0.0315. The number of ketones is 1. The van der Waals surface area contributed by atoms with Crippen LogP contribution in [-0.4, -0.2) is 50.9 Å². The lowest BCUT2D eigenvalue weighted by Crippen LogP contribution is -2.46. The summed E-state index contributed by atoms with van der Waals surface area (Å²) >= 11 is 1.61. The smallest absolute Gasteiger partial charge is 0.309 e. The molecule has 2 unspecified atom stereocenters. The Kier molecular flexibility index (Phi) is 8.34. The molecular weight excluding hydrogens is 502 g/mol. The maximum absolute atomic E-state index is 13.6. The van der Waals surface area contributed by atoms with Crippen molar-refractivity contribution in [2.75, 3.05) is 0 Å². The van der Waals surface area contributed by atoms with Crippen molar-refractivity contribution in [3.05, 3.63) is 28.8 Å². The van der Waals surface area contributed by atoms with E-state index in [-0.39, 0.29) is 36.2 Å². The fourth-order valence-corrected chi connectivity index (χ4v) is 6.42. The van der Waals surface area contributed by atoms with Crippen molar-refractivity contribution in [1.29, 1.82) is 0 Å². The molecule has 0 radical (unpaired) electrons. The predicted molar refractivity (Wildman–Crippen MR) is 146 cm³/mol. The van der Waals surface area contributed by atoms with Crippen LogP contribution in [-0.2, 0) is 19.1 Å². The highest BCUT2D eigenvalue weighted by Gasteiger charge is 2.53. The van der Waals surface area contributed by atoms with Crippen molar-refractivity contribution in [1.82, 2.24) is 4.98 Å². The van der Waals surface area contributed by atoms with Gasteiger partial charge in [0, 0.05) is 12.8 Å². The molecule has 2 fully saturated rings. The summed E-state index contributed by atoms with van der Waals surface area (Å²) in [5, 5.41) is 23.1. The molecule has 0 saturated carbocycles. The number of epoxide rings is 1. The minimum Gasteiger partial charge on any atom is -0.457 e. The summed E-state index contributed by atoms with van der Waals surface area (Å²) < 4.78 is 13.1. The number of carbonyl (C=O) groups is 2. The molecule has 0 aliphatic carbocycles. The molecule has 2 N–H and O–H groups in total. The number of thiazole rings is 1. The minimum atomic E-state index is -1.30. The number of carbonyl (C=O) groups excluding carboxylic acids is 2. The van der Waals surface area contributed by atoms with Gasteiger partial charge in [-0.05, 0) is 50.3 Å². The summed E-state index contributed by atoms with van der Waals surface area (Å²) in [6.45, 7) is 9.13. The number of hydrogen-bond donors (Lipinski definition) is 2. The van der Waals surface area contributed by atoms with Crippen LogP contribution in [0.15, 0.2) is 18.2 Å². The van der Waals surface area contributed by atoms with Crippen molar-refractivity contribution >= 4 is 33.3 Å². The Morgan fingerprint density at radius 1 is 1.24 bits per heavy atom. The Hall–Kier alpha value is -2.31. The van der Waals surface area contributed by atoms with Crippen molar-refractivity contribution in [3.8, 4) is 12.3 Å². The van der Waals surface area contributed by atoms with Gasteiger partial charge in [-0.2, -0.15) is 0 Å². The largest absolute Gasteiger partial charge is 0.457 e. The topological polar surface area (TPSA) is 109 Å². The van der Waals surface area contributed by atoms with Crippen molar-refractivity contribution in [2.45, 2.75) is 103 Å². The number of aryl methyl sites for hydroxylation is 1. The van der Waals surface area contributed by atoms with Crippen LogP contribution in [0.1, 0.15) is 82.9 Å². The van der Waals surface area contributed by atoms with Gasteiger partial charge in [0.2, 0.25) is 0 Å². The zero-order valence-corrected chi connectivity index (χ0v) is 23.7. The van der Waals surface area contributed by atoms with E-state index in [1.165, 1.54) is 0 Å². The van der Waals surface area contributed by atoms with Crippen molar-refractivity contribution in [3.63, 3.8) is 0 Å². The number of rotatable bonds is 2. The molecule has 2 aliphatic heterocycles. The second kappa shape index (κ2) is 11.1. The molecule has 0 bridgehead atoms. The average molecular weight is 542 g/mol. The van der Waals surface area contributed by atoms with E-state index in [9.17, 15) is 19.8 Å². The third-order valence-corrected chi connectivity index (χ3v) is 9.41. The van der Waals surface area contributed by atoms with Gasteiger partial charge in [0.1, 0.15) is 11.9 Å². The Morgan fingerprint density at radius 3 is 2.68 bits per heavy atom. The molecule has 0 spiro atoms. The third kappa shape index (κ3) is 5.96. The molecular formula is C30H39NO6S. The number of benzene rings is 1. The molecule has 206 valence electrons. The van der Waals surface area contributed by atoms with Gasteiger partial charge in [0.15, 0.2) is 0 Å². The van der Waals surface area contributed by atoms with Gasteiger partial charge in [-0.15, -0.1) is 23.7 Å². The number of terminal acetylenes is 1. The van der Waals surface area contributed by atoms with Gasteiger partial charge >= 0.3 is 5.97 Å². The first-order valence-electron chi connectivity index (χ1n) is 13.4. The summed E-state index contributed by atoms with van der Waals surface area (Å²) in [6, 6.07) is 5.89. The molecule has 0 amide bonds. The number of nitrogens with zero attached hydrogens (tertiary/aromatic N) is 1. The Bertz CT molecular complexity index is 1230. The molecule has 2 aromatic rings. The van der Waals surface area contributed by atoms with Crippen LogP contribution in [0.25, 0.3) is 10.2 Å². The fraction of sp³-hybridized carbons (Fsp3) is 0.633. The molecule has 8 heteroatoms. The summed E-state index contributed by atoms with van der Waals surface area (Å²) in [5.74, 6) is 0.573. The lowest BCUT2D eigenvalue weighted by molar-refractivity contribution is -0.156. The molecule has 1 aromatic carbocycles. The summed E-state index contributed by atoms with van der Waals surface area (Å²) in [4.78, 5) is 31.3. The first kappa shape index (κ1) is 28.7. The average Bonchev–Trinajstić information content (AvgIpc) is 3.32. The molecule has 7 nitrogen and oxygen atoms in total. The summed E-state index contributed by atoms with van der Waals surface area (Å²) in [7, 11) is 0. The molecule has 4 rings (SSSR count). The van der Waals surface area contributed by atoms with Crippen LogP contribution in [0.2, 0.25) is 0 Å². The van der Waals surface area contributed by atoms with Gasteiger partial charge in [-0.3, -0.25) is 9.59 Å². The second-order valence-electron chi connectivity index (χ2n) is 11.8. The lowest BCUT2D eigenvalue weighted by Gasteiger charge is -2.35. The van der Waals surface area contributed by atoms with Gasteiger partial charge in [-0.1, -0.05) is 33.3 Å². The maximum atomic E-state index is 13.6. The molecule has 3 heterocycles. The number of fused-ring (bicyclic) bond motifs is 2. The van der Waals surface area contributed by atoms with Crippen molar-refractivity contribution < 1.29 is 29.3 Å². The number of ether oxygens (including phenoxy) is 2. The number of aromatic nitrogens is 1. The van der Waals surface area contributed by atoms with Crippen molar-refractivity contribution in [2.24, 2.45) is 17.3 Å². The van der Waals surface area contributed by atoms with Gasteiger partial charge in [-0.25, -0.2) is 4.98 Å². The Balaban J connectivity index is 1.63. The highest BCUT2D eigenvalue weighted by Crippen LogP contribution is 2.47. The zero-order chi connectivity index (χ0) is 27.8. The highest BCUT2D eigenvalue weighted by atomic mass is 32.1. The number of aliphatic hydroxyl groups excluding tert-OH is 2. The van der Waals surface area contributed by atoms with Crippen LogP contribution in [0.5, 0.6) is 0 Å². The van der Waals surface area contributed by atoms with Crippen LogP contribution in [0.4, 0.5) is 0 Å². The zero-order valence-electron chi connectivity index (χ0n) is 22.9. The number of esters is 1. The lowest BCUT2D eigenvalue weighted by atomic mass is 9.71. The quantitative estimate of drug-likeness (QED) is 0.316. The molecule has 7 atom stereocenters. The van der Waals surface area contributed by atoms with E-state index < -0.39 is 35.6 Å². The van der Waals surface area contributed by atoms with E-state index in [1.54, 1.807) is 25.2 Å². The first-order valence-corrected chi connectivity index (χ1v) is 14.3. The first-order chi connectivity index (χ1) is 17.9. The van der Waals surface area contributed by atoms with Gasteiger partial charge in [0.25, 0.3) is 0 Å². The third-order valence-electron chi connectivity index (χ3n) is 8.46. The predicted octanol–water partition coefficient (Wildman–Crippen LogP) is 4.90. The van der Waals surface area contributed by atoms with E-state index in [4.69, 9.17) is 15.9 Å². The fourth-order valence-electron chi connectivity index (χ4n) is 5.61. The number of cyclic esters (lactones) is 1. The SMILES string of the molecule is C#CC[C@H]1C(=O)C(C)(C)[C@@H](O)CC(=O)O[C@H](c2ccc3sc(C)nc3c2)CC2OC2(C)CCC[C@H](C)[C@H]1O. The van der Waals surface area contributed by atoms with E-state index in [1.807, 2.05) is 32.0 Å².